The van der Waals surface area contributed by atoms with E-state index < -0.39 is 23.0 Å². The topological polar surface area (TPSA) is 120 Å². The molecule has 0 saturated heterocycles. The molecule has 266 valence electrons. The van der Waals surface area contributed by atoms with Crippen LogP contribution in [0.1, 0.15) is 60.0 Å². The molecule has 8 nitrogen and oxygen atoms in total. The fraction of sp³-hybridized carbons (Fsp3) is 0.317. The summed E-state index contributed by atoms with van der Waals surface area (Å²) in [5, 5.41) is 8.10. The lowest BCUT2D eigenvalue weighted by atomic mass is 9.90. The molecule has 0 saturated carbocycles. The summed E-state index contributed by atoms with van der Waals surface area (Å²) in [6, 6.07) is 36.9. The lowest BCUT2D eigenvalue weighted by molar-refractivity contribution is 0.0949. The molecule has 0 spiro atoms. The lowest BCUT2D eigenvalue weighted by Gasteiger charge is -2.37. The third kappa shape index (κ3) is 8.61. The second-order valence-corrected chi connectivity index (χ2v) is 18.4. The number of aryl methyl sites for hydroxylation is 2. The summed E-state index contributed by atoms with van der Waals surface area (Å²) in [5.74, 6) is -0.342. The van der Waals surface area contributed by atoms with Gasteiger partial charge >= 0.3 is 5.63 Å². The zero-order valence-electron chi connectivity index (χ0n) is 29.1. The van der Waals surface area contributed by atoms with Crippen molar-refractivity contribution in [2.24, 2.45) is 0 Å². The van der Waals surface area contributed by atoms with E-state index in [1.165, 1.54) is 27.2 Å². The molecule has 10 heteroatoms. The van der Waals surface area contributed by atoms with E-state index in [9.17, 15) is 9.59 Å². The Hall–Kier alpha value is -4.30. The smallest absolute Gasteiger partial charge is 0.349 e. The van der Waals surface area contributed by atoms with Crippen molar-refractivity contribution in [1.29, 1.82) is 0 Å². The number of fused-ring (bicyclic) bond motifs is 2. The number of hydrogen-bond donors (Lipinski definition) is 1. The fourth-order valence-electron chi connectivity index (χ4n) is 7.61. The number of nitrogens with one attached hydrogen (secondary N) is 1. The van der Waals surface area contributed by atoms with Crippen LogP contribution in [0.15, 0.2) is 112 Å². The number of amides is 1. The summed E-state index contributed by atoms with van der Waals surface area (Å²) >= 11 is 0. The van der Waals surface area contributed by atoms with E-state index in [-0.39, 0.29) is 11.5 Å². The van der Waals surface area contributed by atoms with E-state index in [0.29, 0.717) is 18.4 Å². The van der Waals surface area contributed by atoms with E-state index in [1.54, 1.807) is 6.07 Å². The highest BCUT2D eigenvalue weighted by Crippen LogP contribution is 2.56. The molecule has 1 N–H and O–H groups in total. The number of benzene rings is 4. The van der Waals surface area contributed by atoms with Crippen LogP contribution in [0.3, 0.4) is 0 Å². The first-order valence-electron chi connectivity index (χ1n) is 17.8. The number of nitrogens with zero attached hydrogens (tertiary/aromatic N) is 1. The summed E-state index contributed by atoms with van der Waals surface area (Å²) in [4.78, 5) is 28.6. The largest absolute Gasteiger partial charge is 0.748 e. The molecule has 0 unspecified atom stereocenters. The minimum Gasteiger partial charge on any atom is -0.748 e. The summed E-state index contributed by atoms with van der Waals surface area (Å²) in [6.07, 6.45) is 9.89. The Morgan fingerprint density at radius 1 is 0.804 bits per heavy atom. The summed E-state index contributed by atoms with van der Waals surface area (Å²) in [6.45, 7) is 2.66. The number of carbonyl (C=O) groups excluding carboxylic acids is 1. The van der Waals surface area contributed by atoms with Crippen LogP contribution in [0, 0.1) is 0 Å². The highest BCUT2D eigenvalue weighted by Gasteiger charge is 2.44. The quantitative estimate of drug-likeness (QED) is 0.0776. The molecule has 7 rings (SSSR count). The van der Waals surface area contributed by atoms with Crippen molar-refractivity contribution in [3.63, 3.8) is 0 Å². The second-order valence-electron chi connectivity index (χ2n) is 13.3. The van der Waals surface area contributed by atoms with Crippen LogP contribution < -0.4 is 31.8 Å². The number of anilines is 1. The average molecular weight is 725 g/mol. The van der Waals surface area contributed by atoms with Gasteiger partial charge in [0.25, 0.3) is 5.91 Å². The molecule has 0 fully saturated rings. The van der Waals surface area contributed by atoms with Gasteiger partial charge in [0.2, 0.25) is 0 Å². The maximum Gasteiger partial charge on any atom is 0.349 e. The van der Waals surface area contributed by atoms with Crippen molar-refractivity contribution >= 4 is 55.9 Å². The zero-order valence-corrected chi connectivity index (χ0v) is 30.8. The Balaban J connectivity index is 0.000000839. The van der Waals surface area contributed by atoms with Crippen LogP contribution in [-0.2, 0) is 23.0 Å². The van der Waals surface area contributed by atoms with Crippen molar-refractivity contribution in [1.82, 2.24) is 5.32 Å². The van der Waals surface area contributed by atoms with Gasteiger partial charge in [-0.15, -0.1) is 0 Å². The van der Waals surface area contributed by atoms with Gasteiger partial charge in [0, 0.05) is 42.5 Å². The van der Waals surface area contributed by atoms with Crippen molar-refractivity contribution in [2.45, 2.75) is 51.4 Å². The highest BCUT2D eigenvalue weighted by atomic mass is 32.2. The maximum atomic E-state index is 13.1. The number of rotatable bonds is 11. The molecule has 2 aliphatic rings. The van der Waals surface area contributed by atoms with Crippen LogP contribution in [0.2, 0.25) is 0 Å². The monoisotopic (exact) mass is 724 g/mol. The van der Waals surface area contributed by atoms with Crippen molar-refractivity contribution in [3.8, 4) is 0 Å². The van der Waals surface area contributed by atoms with E-state index in [0.717, 1.165) is 81.6 Å². The third-order valence-electron chi connectivity index (χ3n) is 9.76. The summed E-state index contributed by atoms with van der Waals surface area (Å²) < 4.78 is 33.1. The molecular formula is C41H45N2O6PS. The Bertz CT molecular complexity index is 2020. The SMILES string of the molecule is CS(=O)(=O)[O-].O=C(NCCCCCC[P+](c1ccccc1)(c1ccccc1)c1ccccc1)c1cc2cc3c4c(c2oc1=O)CCCN4CCC3. The van der Waals surface area contributed by atoms with Gasteiger partial charge in [-0.3, -0.25) is 4.79 Å². The first-order valence-corrected chi connectivity index (χ1v) is 21.6. The van der Waals surface area contributed by atoms with E-state index in [4.69, 9.17) is 17.4 Å². The molecule has 5 aromatic rings. The maximum absolute atomic E-state index is 13.1. The van der Waals surface area contributed by atoms with Crippen LogP contribution >= 0.6 is 7.26 Å². The Labute approximate surface area is 301 Å². The van der Waals surface area contributed by atoms with Crippen molar-refractivity contribution in [2.75, 3.05) is 37.0 Å². The third-order valence-corrected chi connectivity index (χ3v) is 14.3. The van der Waals surface area contributed by atoms with E-state index in [1.807, 2.05) is 0 Å². The number of carbonyl (C=O) groups is 1. The second kappa shape index (κ2) is 16.4. The van der Waals surface area contributed by atoms with Gasteiger partial charge in [-0.1, -0.05) is 61.0 Å². The van der Waals surface area contributed by atoms with Crippen molar-refractivity contribution < 1.29 is 22.2 Å². The Kier molecular flexibility index (Phi) is 11.7. The highest BCUT2D eigenvalue weighted by molar-refractivity contribution is 7.95. The molecule has 51 heavy (non-hydrogen) atoms. The molecule has 3 heterocycles. The summed E-state index contributed by atoms with van der Waals surface area (Å²) in [7, 11) is -5.74. The number of hydrogen-bond acceptors (Lipinski definition) is 7. The van der Waals surface area contributed by atoms with Gasteiger partial charge in [-0.05, 0) is 99.0 Å². The normalized spacial score (nSPS) is 14.0. The van der Waals surface area contributed by atoms with Gasteiger partial charge in [0.15, 0.2) is 0 Å². The van der Waals surface area contributed by atoms with Crippen LogP contribution in [-0.4, -0.2) is 50.9 Å². The summed E-state index contributed by atoms with van der Waals surface area (Å²) in [5.41, 5.74) is 3.93. The molecule has 1 amide bonds. The standard InChI is InChI=1S/C40H41N2O3P.CH4O3S/c43-39(36-29-31-28-30-16-14-25-42-26-15-23-35(37(30)42)38(31)45-40(36)44)41-24-12-1-2-13-27-46(32-17-6-3-7-18-32,33-19-8-4-9-20-33)34-21-10-5-11-22-34;1-5(2,3)4/h3-11,17-22,28-29H,1-2,12-16,23-27H2;1H3,(H,2,3,4). The molecule has 4 aromatic carbocycles. The van der Waals surface area contributed by atoms with Gasteiger partial charge in [-0.2, -0.15) is 0 Å². The van der Waals surface area contributed by atoms with Gasteiger partial charge in [0.05, 0.1) is 16.3 Å². The van der Waals surface area contributed by atoms with E-state index >= 15 is 0 Å². The molecule has 0 atom stereocenters. The molecular weight excluding hydrogens is 680 g/mol. The van der Waals surface area contributed by atoms with Crippen molar-refractivity contribution in [3.05, 3.63) is 130 Å². The Morgan fingerprint density at radius 2 is 1.33 bits per heavy atom. The molecule has 0 radical (unpaired) electrons. The lowest BCUT2D eigenvalue weighted by Crippen LogP contribution is -2.34. The number of unbranched alkanes of at least 4 members (excludes halogenated alkanes) is 3. The molecule has 2 aliphatic heterocycles. The van der Waals surface area contributed by atoms with Gasteiger partial charge < -0.3 is 19.2 Å². The van der Waals surface area contributed by atoms with Crippen LogP contribution in [0.5, 0.6) is 0 Å². The first-order chi connectivity index (χ1) is 24.6. The first kappa shape index (κ1) is 36.5. The van der Waals surface area contributed by atoms with Gasteiger partial charge in [-0.25, -0.2) is 13.2 Å². The minimum atomic E-state index is -3.92. The predicted octanol–water partition coefficient (Wildman–Crippen LogP) is 5.94. The fourth-order valence-corrected chi connectivity index (χ4v) is 12.0. The zero-order chi connectivity index (χ0) is 35.8. The van der Waals surface area contributed by atoms with Gasteiger partial charge in [0.1, 0.15) is 34.3 Å². The molecule has 1 aromatic heterocycles. The van der Waals surface area contributed by atoms with Crippen LogP contribution in [0.25, 0.3) is 11.0 Å². The van der Waals surface area contributed by atoms with E-state index in [2.05, 4.69) is 107 Å². The molecule has 0 aliphatic carbocycles. The van der Waals surface area contributed by atoms with Crippen LogP contribution in [0.4, 0.5) is 5.69 Å². The predicted molar refractivity (Wildman–Crippen MR) is 208 cm³/mol. The minimum absolute atomic E-state index is 0.103. The average Bonchev–Trinajstić information content (AvgIpc) is 3.13. The Morgan fingerprint density at radius 3 is 1.90 bits per heavy atom. The molecule has 0 bridgehead atoms.